The fraction of sp³-hybridized carbons (Fsp3) is 0.240. The van der Waals surface area contributed by atoms with Crippen molar-refractivity contribution in [1.82, 2.24) is 19.4 Å². The molecule has 1 aliphatic rings. The van der Waals surface area contributed by atoms with E-state index in [2.05, 4.69) is 45.3 Å². The fourth-order valence-corrected chi connectivity index (χ4v) is 4.32. The van der Waals surface area contributed by atoms with E-state index >= 15 is 0 Å². The maximum absolute atomic E-state index is 11.9. The lowest BCUT2D eigenvalue weighted by Gasteiger charge is -2.23. The van der Waals surface area contributed by atoms with Gasteiger partial charge < -0.3 is 25.4 Å². The number of nitrogens with zero attached hydrogens (tertiary/aromatic N) is 5. The molecule has 2 aromatic heterocycles. The van der Waals surface area contributed by atoms with Crippen LogP contribution in [0.5, 0.6) is 0 Å². The zero-order chi connectivity index (χ0) is 22.8. The van der Waals surface area contributed by atoms with Crippen LogP contribution in [0.2, 0.25) is 0 Å². The average Bonchev–Trinajstić information content (AvgIpc) is 3.08. The maximum atomic E-state index is 11.9. The van der Waals surface area contributed by atoms with Gasteiger partial charge >= 0.3 is 0 Å². The van der Waals surface area contributed by atoms with Crippen molar-refractivity contribution in [3.8, 4) is 5.82 Å². The van der Waals surface area contributed by atoms with Crippen LogP contribution in [0.1, 0.15) is 16.8 Å². The van der Waals surface area contributed by atoms with Gasteiger partial charge in [-0.15, -0.1) is 0 Å². The van der Waals surface area contributed by atoms with Gasteiger partial charge in [0, 0.05) is 48.8 Å². The molecule has 3 N–H and O–H groups in total. The second-order valence-electron chi connectivity index (χ2n) is 8.35. The molecule has 5 rings (SSSR count). The summed E-state index contributed by atoms with van der Waals surface area (Å²) >= 11 is 0. The quantitative estimate of drug-likeness (QED) is 0.493. The van der Waals surface area contributed by atoms with Crippen molar-refractivity contribution in [2.24, 2.45) is 5.73 Å². The smallest absolute Gasteiger partial charge is 0.250 e. The van der Waals surface area contributed by atoms with Gasteiger partial charge in [-0.1, -0.05) is 24.3 Å². The second kappa shape index (κ2) is 8.91. The molecule has 1 aliphatic heterocycles. The molecule has 0 spiro atoms. The number of fused-ring (bicyclic) bond motifs is 1. The van der Waals surface area contributed by atoms with Crippen molar-refractivity contribution in [2.75, 3.05) is 43.4 Å². The van der Waals surface area contributed by atoms with E-state index in [-0.39, 0.29) is 0 Å². The number of nitrogens with one attached hydrogen (secondary N) is 1. The number of carbonyl (C=O) groups excluding carboxylic acids is 1. The topological polar surface area (TPSA) is 92.3 Å². The number of primary amides is 1. The van der Waals surface area contributed by atoms with Crippen LogP contribution < -0.4 is 16.0 Å². The standard InChI is InChI=1S/C25H27N7O/c1-30-12-5-13-31(15-14-30)19-7-4-6-18(16-19)28-25-27-11-10-23(29-25)32-17-21(24(26)33)20-8-2-3-9-22(20)32/h2-4,6-11,16-17H,5,12-15H2,1H3,(H2,26,33)(H,27,28,29). The van der Waals surface area contributed by atoms with E-state index in [4.69, 9.17) is 10.7 Å². The van der Waals surface area contributed by atoms with Gasteiger partial charge in [-0.25, -0.2) is 4.98 Å². The Morgan fingerprint density at radius 2 is 1.91 bits per heavy atom. The van der Waals surface area contributed by atoms with E-state index < -0.39 is 5.91 Å². The highest BCUT2D eigenvalue weighted by molar-refractivity contribution is 6.06. The first-order valence-corrected chi connectivity index (χ1v) is 11.1. The minimum atomic E-state index is -0.464. The first kappa shape index (κ1) is 21.0. The summed E-state index contributed by atoms with van der Waals surface area (Å²) in [5, 5.41) is 4.13. The van der Waals surface area contributed by atoms with Crippen LogP contribution in [0.25, 0.3) is 16.7 Å². The SMILES string of the molecule is CN1CCCN(c2cccc(Nc3nccc(-n4cc(C(N)=O)c5ccccc54)n3)c2)CC1. The van der Waals surface area contributed by atoms with Crippen LogP contribution in [0.3, 0.4) is 0 Å². The van der Waals surface area contributed by atoms with Crippen molar-refractivity contribution in [2.45, 2.75) is 6.42 Å². The molecule has 4 aromatic rings. The summed E-state index contributed by atoms with van der Waals surface area (Å²) in [6.07, 6.45) is 4.59. The molecule has 1 amide bonds. The third kappa shape index (κ3) is 4.38. The molecular weight excluding hydrogens is 414 g/mol. The minimum Gasteiger partial charge on any atom is -0.370 e. The number of carbonyl (C=O) groups is 1. The molecule has 2 aromatic carbocycles. The number of rotatable bonds is 5. The van der Waals surface area contributed by atoms with E-state index in [0.29, 0.717) is 17.3 Å². The van der Waals surface area contributed by atoms with E-state index in [0.717, 1.165) is 49.2 Å². The highest BCUT2D eigenvalue weighted by atomic mass is 16.1. The van der Waals surface area contributed by atoms with Gasteiger partial charge in [-0.05, 0) is 50.3 Å². The normalized spacial score (nSPS) is 14.9. The molecule has 8 heteroatoms. The molecule has 8 nitrogen and oxygen atoms in total. The Morgan fingerprint density at radius 3 is 2.79 bits per heavy atom. The Bertz CT molecular complexity index is 1300. The highest BCUT2D eigenvalue weighted by Crippen LogP contribution is 2.26. The summed E-state index contributed by atoms with van der Waals surface area (Å²) in [6, 6.07) is 17.8. The molecule has 0 atom stereocenters. The van der Waals surface area contributed by atoms with Gasteiger partial charge in [0.1, 0.15) is 5.82 Å². The Hall–Kier alpha value is -3.91. The van der Waals surface area contributed by atoms with Crippen molar-refractivity contribution in [3.63, 3.8) is 0 Å². The zero-order valence-corrected chi connectivity index (χ0v) is 18.6. The number of benzene rings is 2. The lowest BCUT2D eigenvalue weighted by atomic mass is 10.2. The zero-order valence-electron chi connectivity index (χ0n) is 18.6. The van der Waals surface area contributed by atoms with E-state index in [1.54, 1.807) is 12.4 Å². The average molecular weight is 442 g/mol. The Balaban J connectivity index is 1.42. The van der Waals surface area contributed by atoms with Gasteiger partial charge in [0.05, 0.1) is 11.1 Å². The van der Waals surface area contributed by atoms with Gasteiger partial charge in [0.15, 0.2) is 0 Å². The summed E-state index contributed by atoms with van der Waals surface area (Å²) in [7, 11) is 2.17. The van der Waals surface area contributed by atoms with E-state index in [9.17, 15) is 4.79 Å². The summed E-state index contributed by atoms with van der Waals surface area (Å²) in [6.45, 7) is 4.24. The molecule has 1 fully saturated rings. The number of para-hydroxylation sites is 1. The molecule has 0 bridgehead atoms. The van der Waals surface area contributed by atoms with Crippen LogP contribution >= 0.6 is 0 Å². The van der Waals surface area contributed by atoms with Gasteiger partial charge in [-0.3, -0.25) is 4.79 Å². The van der Waals surface area contributed by atoms with Crippen molar-refractivity contribution in [1.29, 1.82) is 0 Å². The predicted octanol–water partition coefficient (Wildman–Crippen LogP) is 3.40. The number of aromatic nitrogens is 3. The summed E-state index contributed by atoms with van der Waals surface area (Å²) < 4.78 is 1.87. The number of nitrogens with two attached hydrogens (primary N) is 1. The summed E-state index contributed by atoms with van der Waals surface area (Å²) in [5.74, 6) is 0.676. The summed E-state index contributed by atoms with van der Waals surface area (Å²) in [4.78, 5) is 25.8. The minimum absolute atomic E-state index is 0.464. The van der Waals surface area contributed by atoms with Crippen molar-refractivity contribution >= 4 is 34.1 Å². The van der Waals surface area contributed by atoms with E-state index in [1.165, 1.54) is 5.69 Å². The Morgan fingerprint density at radius 1 is 1.03 bits per heavy atom. The number of hydrogen-bond donors (Lipinski definition) is 2. The number of anilines is 3. The second-order valence-corrected chi connectivity index (χ2v) is 8.35. The first-order chi connectivity index (χ1) is 16.1. The number of hydrogen-bond acceptors (Lipinski definition) is 6. The molecular formula is C25H27N7O. The Kier molecular flexibility index (Phi) is 5.66. The number of amides is 1. The third-order valence-electron chi connectivity index (χ3n) is 6.05. The fourth-order valence-electron chi connectivity index (χ4n) is 4.32. The third-order valence-corrected chi connectivity index (χ3v) is 6.05. The van der Waals surface area contributed by atoms with Crippen LogP contribution in [0.4, 0.5) is 17.3 Å². The van der Waals surface area contributed by atoms with Gasteiger partial charge in [0.25, 0.3) is 5.91 Å². The number of likely N-dealkylation sites (N-methyl/N-ethyl adjacent to an activating group) is 1. The molecule has 0 saturated carbocycles. The first-order valence-electron chi connectivity index (χ1n) is 11.1. The molecule has 3 heterocycles. The molecule has 1 saturated heterocycles. The molecule has 33 heavy (non-hydrogen) atoms. The van der Waals surface area contributed by atoms with Crippen LogP contribution in [0.15, 0.2) is 67.0 Å². The van der Waals surface area contributed by atoms with Gasteiger partial charge in [-0.2, -0.15) is 4.98 Å². The molecule has 0 aliphatic carbocycles. The largest absolute Gasteiger partial charge is 0.370 e. The van der Waals surface area contributed by atoms with Crippen LogP contribution in [-0.2, 0) is 0 Å². The maximum Gasteiger partial charge on any atom is 0.250 e. The van der Waals surface area contributed by atoms with Crippen molar-refractivity contribution in [3.05, 3.63) is 72.6 Å². The van der Waals surface area contributed by atoms with Crippen molar-refractivity contribution < 1.29 is 4.79 Å². The predicted molar refractivity (Wildman–Crippen MR) is 131 cm³/mol. The molecule has 0 radical (unpaired) electrons. The summed E-state index contributed by atoms with van der Waals surface area (Å²) in [5.41, 5.74) is 9.04. The van der Waals surface area contributed by atoms with Gasteiger partial charge in [0.2, 0.25) is 5.95 Å². The highest BCUT2D eigenvalue weighted by Gasteiger charge is 2.15. The van der Waals surface area contributed by atoms with E-state index in [1.807, 2.05) is 41.0 Å². The molecule has 168 valence electrons. The molecule has 0 unspecified atom stereocenters. The Labute approximate surface area is 192 Å². The monoisotopic (exact) mass is 441 g/mol. The van der Waals surface area contributed by atoms with Crippen LogP contribution in [-0.4, -0.2) is 58.6 Å². The van der Waals surface area contributed by atoms with Crippen LogP contribution in [0, 0.1) is 0 Å². The lowest BCUT2D eigenvalue weighted by molar-refractivity contribution is 0.100. The lowest BCUT2D eigenvalue weighted by Crippen LogP contribution is -2.28.